The van der Waals surface area contributed by atoms with Gasteiger partial charge in [-0.15, -0.1) is 0 Å². The Labute approximate surface area is 123 Å². The standard InChI is InChI=1S/C17H27N3/c1-18-13-17-12-15-6-2-3-7-16(15)14-20(17)11-10-19-8-4-5-9-19/h2-3,6-7,17-18H,4-5,8-14H2,1H3. The van der Waals surface area contributed by atoms with Crippen molar-refractivity contribution >= 4 is 0 Å². The molecule has 1 saturated heterocycles. The molecule has 2 aliphatic heterocycles. The molecule has 0 spiro atoms. The first kappa shape index (κ1) is 14.1. The predicted molar refractivity (Wildman–Crippen MR) is 83.9 cm³/mol. The van der Waals surface area contributed by atoms with Gasteiger partial charge in [0, 0.05) is 32.2 Å². The first-order valence-corrected chi connectivity index (χ1v) is 8.04. The second-order valence-corrected chi connectivity index (χ2v) is 6.20. The van der Waals surface area contributed by atoms with Crippen LogP contribution in [0.1, 0.15) is 24.0 Å². The molecule has 20 heavy (non-hydrogen) atoms. The Balaban J connectivity index is 1.64. The van der Waals surface area contributed by atoms with Crippen molar-refractivity contribution in [2.45, 2.75) is 31.8 Å². The molecule has 3 heteroatoms. The minimum Gasteiger partial charge on any atom is -0.318 e. The molecule has 0 saturated carbocycles. The minimum absolute atomic E-state index is 0.650. The summed E-state index contributed by atoms with van der Waals surface area (Å²) >= 11 is 0. The van der Waals surface area contributed by atoms with E-state index in [1.807, 2.05) is 0 Å². The molecule has 2 heterocycles. The Morgan fingerprint density at radius 1 is 1.10 bits per heavy atom. The van der Waals surface area contributed by atoms with Crippen LogP contribution in [0.4, 0.5) is 0 Å². The fourth-order valence-corrected chi connectivity index (χ4v) is 3.62. The summed E-state index contributed by atoms with van der Waals surface area (Å²) in [5.41, 5.74) is 3.08. The average Bonchev–Trinajstić information content (AvgIpc) is 2.98. The zero-order valence-corrected chi connectivity index (χ0v) is 12.6. The maximum Gasteiger partial charge on any atom is 0.0265 e. The first-order chi connectivity index (χ1) is 9.86. The molecule has 1 N–H and O–H groups in total. The number of fused-ring (bicyclic) bond motifs is 1. The van der Waals surface area contributed by atoms with Crippen molar-refractivity contribution in [3.05, 3.63) is 35.4 Å². The molecule has 1 atom stereocenters. The Morgan fingerprint density at radius 2 is 1.85 bits per heavy atom. The highest BCUT2D eigenvalue weighted by Crippen LogP contribution is 2.23. The molecule has 1 aromatic rings. The van der Waals surface area contributed by atoms with Crippen LogP contribution in [0.15, 0.2) is 24.3 Å². The summed E-state index contributed by atoms with van der Waals surface area (Å²) in [6.45, 7) is 7.27. The molecular weight excluding hydrogens is 246 g/mol. The van der Waals surface area contributed by atoms with Crippen molar-refractivity contribution in [1.29, 1.82) is 0 Å². The van der Waals surface area contributed by atoms with Gasteiger partial charge in [-0.25, -0.2) is 0 Å². The minimum atomic E-state index is 0.650. The Kier molecular flexibility index (Phi) is 4.71. The zero-order chi connectivity index (χ0) is 13.8. The quantitative estimate of drug-likeness (QED) is 0.881. The van der Waals surface area contributed by atoms with E-state index in [0.29, 0.717) is 6.04 Å². The van der Waals surface area contributed by atoms with E-state index in [1.54, 1.807) is 5.56 Å². The van der Waals surface area contributed by atoms with Gasteiger partial charge in [-0.05, 0) is 50.5 Å². The lowest BCUT2D eigenvalue weighted by molar-refractivity contribution is 0.148. The second-order valence-electron chi connectivity index (χ2n) is 6.20. The number of likely N-dealkylation sites (N-methyl/N-ethyl adjacent to an activating group) is 1. The highest BCUT2D eigenvalue weighted by molar-refractivity contribution is 5.30. The molecule has 1 unspecified atom stereocenters. The van der Waals surface area contributed by atoms with E-state index in [9.17, 15) is 0 Å². The van der Waals surface area contributed by atoms with Crippen molar-refractivity contribution in [3.63, 3.8) is 0 Å². The largest absolute Gasteiger partial charge is 0.318 e. The van der Waals surface area contributed by atoms with Crippen LogP contribution in [0, 0.1) is 0 Å². The van der Waals surface area contributed by atoms with Crippen LogP contribution >= 0.6 is 0 Å². The topological polar surface area (TPSA) is 18.5 Å². The van der Waals surface area contributed by atoms with E-state index in [-0.39, 0.29) is 0 Å². The number of likely N-dealkylation sites (tertiary alicyclic amines) is 1. The third kappa shape index (κ3) is 3.22. The van der Waals surface area contributed by atoms with Crippen molar-refractivity contribution in [2.75, 3.05) is 39.8 Å². The van der Waals surface area contributed by atoms with Crippen molar-refractivity contribution < 1.29 is 0 Å². The summed E-state index contributed by atoms with van der Waals surface area (Å²) in [5.74, 6) is 0. The summed E-state index contributed by atoms with van der Waals surface area (Å²) < 4.78 is 0. The molecule has 0 amide bonds. The van der Waals surface area contributed by atoms with Crippen LogP contribution < -0.4 is 5.32 Å². The van der Waals surface area contributed by atoms with Gasteiger partial charge < -0.3 is 10.2 Å². The number of nitrogens with one attached hydrogen (secondary N) is 1. The molecule has 2 aliphatic rings. The lowest BCUT2D eigenvalue weighted by Crippen LogP contribution is -2.48. The highest BCUT2D eigenvalue weighted by atomic mass is 15.2. The van der Waals surface area contributed by atoms with Crippen molar-refractivity contribution in [3.8, 4) is 0 Å². The normalized spacial score (nSPS) is 23.9. The molecule has 1 aromatic carbocycles. The molecule has 0 aliphatic carbocycles. The van der Waals surface area contributed by atoms with Crippen molar-refractivity contribution in [2.24, 2.45) is 0 Å². The van der Waals surface area contributed by atoms with Crippen LogP contribution in [-0.4, -0.2) is 55.6 Å². The van der Waals surface area contributed by atoms with Gasteiger partial charge in [0.05, 0.1) is 0 Å². The summed E-state index contributed by atoms with van der Waals surface area (Å²) in [6.07, 6.45) is 3.97. The van der Waals surface area contributed by atoms with Gasteiger partial charge in [-0.2, -0.15) is 0 Å². The van der Waals surface area contributed by atoms with Gasteiger partial charge in [0.2, 0.25) is 0 Å². The zero-order valence-electron chi connectivity index (χ0n) is 12.6. The van der Waals surface area contributed by atoms with Gasteiger partial charge >= 0.3 is 0 Å². The first-order valence-electron chi connectivity index (χ1n) is 8.04. The van der Waals surface area contributed by atoms with E-state index in [2.05, 4.69) is 46.4 Å². The Hall–Kier alpha value is -0.900. The number of rotatable bonds is 5. The van der Waals surface area contributed by atoms with Crippen LogP contribution in [-0.2, 0) is 13.0 Å². The summed E-state index contributed by atoms with van der Waals surface area (Å²) in [4.78, 5) is 5.30. The van der Waals surface area contributed by atoms with E-state index < -0.39 is 0 Å². The molecule has 3 rings (SSSR count). The lowest BCUT2D eigenvalue weighted by atomic mass is 9.94. The smallest absolute Gasteiger partial charge is 0.0265 e. The van der Waals surface area contributed by atoms with Gasteiger partial charge in [0.15, 0.2) is 0 Å². The van der Waals surface area contributed by atoms with Crippen LogP contribution in [0.5, 0.6) is 0 Å². The fraction of sp³-hybridized carbons (Fsp3) is 0.647. The number of hydrogen-bond acceptors (Lipinski definition) is 3. The number of nitrogens with zero attached hydrogens (tertiary/aromatic N) is 2. The molecule has 1 fully saturated rings. The maximum absolute atomic E-state index is 3.37. The Morgan fingerprint density at radius 3 is 2.60 bits per heavy atom. The third-order valence-corrected chi connectivity index (χ3v) is 4.81. The fourth-order valence-electron chi connectivity index (χ4n) is 3.62. The molecular formula is C17H27N3. The third-order valence-electron chi connectivity index (χ3n) is 4.81. The van der Waals surface area contributed by atoms with Gasteiger partial charge in [-0.1, -0.05) is 24.3 Å². The van der Waals surface area contributed by atoms with E-state index in [0.717, 1.165) is 13.1 Å². The molecule has 0 aromatic heterocycles. The second kappa shape index (κ2) is 6.70. The average molecular weight is 273 g/mol. The SMILES string of the molecule is CNCC1Cc2ccccc2CN1CCN1CCCC1. The van der Waals surface area contributed by atoms with Gasteiger partial charge in [-0.3, -0.25) is 4.90 Å². The predicted octanol–water partition coefficient (Wildman–Crippen LogP) is 1.73. The maximum atomic E-state index is 3.37. The van der Waals surface area contributed by atoms with E-state index in [4.69, 9.17) is 0 Å². The van der Waals surface area contributed by atoms with E-state index >= 15 is 0 Å². The summed E-state index contributed by atoms with van der Waals surface area (Å²) in [6, 6.07) is 9.60. The van der Waals surface area contributed by atoms with Crippen LogP contribution in [0.3, 0.4) is 0 Å². The summed E-state index contributed by atoms with van der Waals surface area (Å²) in [7, 11) is 2.07. The van der Waals surface area contributed by atoms with E-state index in [1.165, 1.54) is 51.0 Å². The molecule has 3 nitrogen and oxygen atoms in total. The van der Waals surface area contributed by atoms with Gasteiger partial charge in [0.25, 0.3) is 0 Å². The number of hydrogen-bond donors (Lipinski definition) is 1. The monoisotopic (exact) mass is 273 g/mol. The lowest BCUT2D eigenvalue weighted by Gasteiger charge is -2.37. The van der Waals surface area contributed by atoms with Crippen LogP contribution in [0.2, 0.25) is 0 Å². The van der Waals surface area contributed by atoms with Crippen LogP contribution in [0.25, 0.3) is 0 Å². The Bertz CT molecular complexity index is 426. The van der Waals surface area contributed by atoms with Gasteiger partial charge in [0.1, 0.15) is 0 Å². The molecule has 0 radical (unpaired) electrons. The number of benzene rings is 1. The molecule has 110 valence electrons. The molecule has 0 bridgehead atoms. The highest BCUT2D eigenvalue weighted by Gasteiger charge is 2.25. The summed E-state index contributed by atoms with van der Waals surface area (Å²) in [5, 5.41) is 3.37. The van der Waals surface area contributed by atoms with Crippen molar-refractivity contribution in [1.82, 2.24) is 15.1 Å².